The molecule has 2 nitrogen and oxygen atoms in total. The second-order valence-corrected chi connectivity index (χ2v) is 5.96. The van der Waals surface area contributed by atoms with Crippen LogP contribution in [-0.4, -0.2) is 4.98 Å². The Kier molecular flexibility index (Phi) is 3.61. The fraction of sp³-hybridized carbons (Fsp3) is 0.643. The molecule has 1 N–H and O–H groups in total. The minimum absolute atomic E-state index is 0.0345. The summed E-state index contributed by atoms with van der Waals surface area (Å²) in [6.45, 7) is 12.8. The van der Waals surface area contributed by atoms with Crippen LogP contribution in [0.4, 0.5) is 0 Å². The Bertz CT molecular complexity index is 409. The lowest BCUT2D eigenvalue weighted by molar-refractivity contribution is 0.527. The van der Waals surface area contributed by atoms with Crippen molar-refractivity contribution in [2.45, 2.75) is 52.9 Å². The number of rotatable bonds is 2. The number of nitrogens with one attached hydrogen (secondary N) is 1. The summed E-state index contributed by atoms with van der Waals surface area (Å²) in [5, 5.41) is 0. The molecule has 0 aliphatic heterocycles. The average molecular weight is 221 g/mol. The number of H-pyrrole nitrogens is 1. The monoisotopic (exact) mass is 221 g/mol. The van der Waals surface area contributed by atoms with E-state index in [2.05, 4.69) is 52.6 Å². The lowest BCUT2D eigenvalue weighted by atomic mass is 9.84. The van der Waals surface area contributed by atoms with Gasteiger partial charge in [0.2, 0.25) is 0 Å². The van der Waals surface area contributed by atoms with Crippen molar-refractivity contribution in [1.82, 2.24) is 4.98 Å². The standard InChI is InChI=1S/C14H23NO/c1-9(2)10(3)11-7-12(14(4,5)6)13(16)15-8-11/h7-10H,1-6H3,(H,15,16). The summed E-state index contributed by atoms with van der Waals surface area (Å²) in [5.41, 5.74) is 2.03. The van der Waals surface area contributed by atoms with E-state index in [0.29, 0.717) is 11.8 Å². The molecule has 0 aliphatic rings. The van der Waals surface area contributed by atoms with E-state index in [1.165, 1.54) is 5.56 Å². The third kappa shape index (κ3) is 2.75. The van der Waals surface area contributed by atoms with Crippen LogP contribution in [0.15, 0.2) is 17.1 Å². The molecule has 0 aromatic carbocycles. The Morgan fingerprint density at radius 2 is 1.75 bits per heavy atom. The van der Waals surface area contributed by atoms with Gasteiger partial charge in [-0.15, -0.1) is 0 Å². The van der Waals surface area contributed by atoms with E-state index in [1.807, 2.05) is 6.20 Å². The predicted molar refractivity (Wildman–Crippen MR) is 69.0 cm³/mol. The van der Waals surface area contributed by atoms with Crippen LogP contribution in [0.3, 0.4) is 0 Å². The van der Waals surface area contributed by atoms with E-state index in [-0.39, 0.29) is 11.0 Å². The molecule has 1 aromatic heterocycles. The number of hydrogen-bond acceptors (Lipinski definition) is 1. The first-order valence-corrected chi connectivity index (χ1v) is 5.96. The summed E-state index contributed by atoms with van der Waals surface area (Å²) in [6, 6.07) is 2.06. The third-order valence-corrected chi connectivity index (χ3v) is 3.26. The second kappa shape index (κ2) is 4.44. The van der Waals surface area contributed by atoms with Gasteiger partial charge in [-0.3, -0.25) is 4.79 Å². The van der Waals surface area contributed by atoms with E-state index in [0.717, 1.165) is 5.56 Å². The van der Waals surface area contributed by atoms with Crippen LogP contribution >= 0.6 is 0 Å². The van der Waals surface area contributed by atoms with Crippen molar-refractivity contribution in [3.8, 4) is 0 Å². The van der Waals surface area contributed by atoms with Crippen LogP contribution in [0.5, 0.6) is 0 Å². The molecule has 0 bridgehead atoms. The SMILES string of the molecule is CC(C)C(C)c1c[nH]c(=O)c(C(C)(C)C)c1. The highest BCUT2D eigenvalue weighted by Gasteiger charge is 2.20. The zero-order valence-electron chi connectivity index (χ0n) is 11.2. The average Bonchev–Trinajstić information content (AvgIpc) is 2.15. The molecule has 1 atom stereocenters. The molecule has 0 aliphatic carbocycles. The first-order chi connectivity index (χ1) is 7.23. The van der Waals surface area contributed by atoms with Crippen molar-refractivity contribution in [1.29, 1.82) is 0 Å². The Labute approximate surface area is 98.1 Å². The second-order valence-electron chi connectivity index (χ2n) is 5.96. The number of pyridine rings is 1. The quantitative estimate of drug-likeness (QED) is 0.815. The maximum Gasteiger partial charge on any atom is 0.251 e. The van der Waals surface area contributed by atoms with Gasteiger partial charge in [-0.25, -0.2) is 0 Å². The summed E-state index contributed by atoms with van der Waals surface area (Å²) < 4.78 is 0. The smallest absolute Gasteiger partial charge is 0.251 e. The van der Waals surface area contributed by atoms with Crippen LogP contribution in [0.1, 0.15) is 58.6 Å². The molecule has 2 heteroatoms. The highest BCUT2D eigenvalue weighted by Crippen LogP contribution is 2.26. The lowest BCUT2D eigenvalue weighted by Gasteiger charge is -2.21. The molecule has 0 radical (unpaired) electrons. The van der Waals surface area contributed by atoms with Crippen molar-refractivity contribution in [2.24, 2.45) is 5.92 Å². The van der Waals surface area contributed by atoms with Gasteiger partial charge in [0.25, 0.3) is 5.56 Å². The molecule has 90 valence electrons. The van der Waals surface area contributed by atoms with E-state index in [9.17, 15) is 4.79 Å². The van der Waals surface area contributed by atoms with Gasteiger partial charge in [0, 0.05) is 11.8 Å². The number of aromatic nitrogens is 1. The molecule has 0 saturated carbocycles. The Hall–Kier alpha value is -1.05. The van der Waals surface area contributed by atoms with E-state index >= 15 is 0 Å². The van der Waals surface area contributed by atoms with E-state index < -0.39 is 0 Å². The first kappa shape index (κ1) is 13.0. The molecule has 16 heavy (non-hydrogen) atoms. The molecule has 1 aromatic rings. The van der Waals surface area contributed by atoms with Crippen molar-refractivity contribution in [3.63, 3.8) is 0 Å². The summed E-state index contributed by atoms with van der Waals surface area (Å²) in [7, 11) is 0. The van der Waals surface area contributed by atoms with Gasteiger partial charge in [-0.2, -0.15) is 0 Å². The summed E-state index contributed by atoms with van der Waals surface area (Å²) >= 11 is 0. The lowest BCUT2D eigenvalue weighted by Crippen LogP contribution is -2.25. The highest BCUT2D eigenvalue weighted by atomic mass is 16.1. The van der Waals surface area contributed by atoms with Crippen LogP contribution in [-0.2, 0) is 5.41 Å². The first-order valence-electron chi connectivity index (χ1n) is 5.96. The van der Waals surface area contributed by atoms with Gasteiger partial charge in [-0.05, 0) is 28.9 Å². The Morgan fingerprint density at radius 3 is 2.19 bits per heavy atom. The van der Waals surface area contributed by atoms with E-state index in [4.69, 9.17) is 0 Å². The van der Waals surface area contributed by atoms with Crippen LogP contribution in [0.25, 0.3) is 0 Å². The molecule has 1 rings (SSSR count). The topological polar surface area (TPSA) is 32.9 Å². The van der Waals surface area contributed by atoms with Gasteiger partial charge in [0.1, 0.15) is 0 Å². The summed E-state index contributed by atoms with van der Waals surface area (Å²) in [4.78, 5) is 14.6. The molecule has 1 unspecified atom stereocenters. The molecule has 0 saturated heterocycles. The summed E-state index contributed by atoms with van der Waals surface area (Å²) in [6.07, 6.45) is 1.85. The third-order valence-electron chi connectivity index (χ3n) is 3.26. The fourth-order valence-electron chi connectivity index (χ4n) is 1.71. The van der Waals surface area contributed by atoms with Crippen molar-refractivity contribution < 1.29 is 0 Å². The summed E-state index contributed by atoms with van der Waals surface area (Å²) in [5.74, 6) is 1.05. The van der Waals surface area contributed by atoms with Crippen LogP contribution in [0, 0.1) is 5.92 Å². The number of hydrogen-bond donors (Lipinski definition) is 1. The largest absolute Gasteiger partial charge is 0.329 e. The fourth-order valence-corrected chi connectivity index (χ4v) is 1.71. The Balaban J connectivity index is 3.23. The van der Waals surface area contributed by atoms with Crippen LogP contribution < -0.4 is 5.56 Å². The maximum atomic E-state index is 11.8. The number of aromatic amines is 1. The van der Waals surface area contributed by atoms with Gasteiger partial charge < -0.3 is 4.98 Å². The van der Waals surface area contributed by atoms with Crippen molar-refractivity contribution >= 4 is 0 Å². The normalized spacial score (nSPS) is 14.2. The maximum absolute atomic E-state index is 11.8. The molecule has 0 amide bonds. The van der Waals surface area contributed by atoms with Gasteiger partial charge in [0.05, 0.1) is 0 Å². The zero-order valence-corrected chi connectivity index (χ0v) is 11.2. The molecule has 0 fully saturated rings. The molecular weight excluding hydrogens is 198 g/mol. The zero-order chi connectivity index (χ0) is 12.5. The van der Waals surface area contributed by atoms with Gasteiger partial charge in [0.15, 0.2) is 0 Å². The molecule has 0 spiro atoms. The van der Waals surface area contributed by atoms with Crippen molar-refractivity contribution in [2.75, 3.05) is 0 Å². The predicted octanol–water partition coefficient (Wildman–Crippen LogP) is 3.43. The minimum Gasteiger partial charge on any atom is -0.329 e. The molecular formula is C14H23NO. The van der Waals surface area contributed by atoms with E-state index in [1.54, 1.807) is 0 Å². The van der Waals surface area contributed by atoms with Crippen LogP contribution in [0.2, 0.25) is 0 Å². The molecule has 1 heterocycles. The Morgan fingerprint density at radius 1 is 1.19 bits per heavy atom. The van der Waals surface area contributed by atoms with Crippen molar-refractivity contribution in [3.05, 3.63) is 33.7 Å². The minimum atomic E-state index is -0.0969. The highest BCUT2D eigenvalue weighted by molar-refractivity contribution is 5.26. The van der Waals surface area contributed by atoms with Gasteiger partial charge >= 0.3 is 0 Å². The van der Waals surface area contributed by atoms with Gasteiger partial charge in [-0.1, -0.05) is 41.5 Å².